The van der Waals surface area contributed by atoms with Crippen LogP contribution in [0.4, 0.5) is 0 Å². The Kier molecular flexibility index (Phi) is 62.2. The van der Waals surface area contributed by atoms with Crippen molar-refractivity contribution in [2.45, 2.75) is 354 Å². The first-order chi connectivity index (χ1) is 37.5. The van der Waals surface area contributed by atoms with E-state index in [-0.39, 0.29) is 31.1 Å². The van der Waals surface area contributed by atoms with E-state index in [1.165, 1.54) is 225 Å². The third-order valence-electron chi connectivity index (χ3n) is 14.7. The molecule has 442 valence electrons. The van der Waals surface area contributed by atoms with Crippen LogP contribution in [0, 0.1) is 0 Å². The summed E-state index contributed by atoms with van der Waals surface area (Å²) >= 11 is 0. The maximum absolute atomic E-state index is 12.9. The van der Waals surface area contributed by atoms with Crippen LogP contribution in [-0.4, -0.2) is 37.2 Å². The summed E-state index contributed by atoms with van der Waals surface area (Å²) in [5.74, 6) is -0.879. The van der Waals surface area contributed by atoms with E-state index in [1.54, 1.807) is 0 Å². The second-order valence-corrected chi connectivity index (χ2v) is 22.4. The molecule has 76 heavy (non-hydrogen) atoms. The third kappa shape index (κ3) is 62.0. The van der Waals surface area contributed by atoms with Crippen LogP contribution in [0.15, 0.2) is 60.8 Å². The fourth-order valence-electron chi connectivity index (χ4n) is 9.66. The zero-order valence-electron chi connectivity index (χ0n) is 50.8. The Bertz CT molecular complexity index is 1360. The molecule has 0 aliphatic heterocycles. The number of carbonyl (C=O) groups is 3. The first kappa shape index (κ1) is 73.1. The van der Waals surface area contributed by atoms with Crippen LogP contribution >= 0.6 is 0 Å². The number of esters is 3. The van der Waals surface area contributed by atoms with Gasteiger partial charge in [-0.15, -0.1) is 0 Å². The Morgan fingerprint density at radius 1 is 0.263 bits per heavy atom. The molecule has 0 aromatic carbocycles. The molecule has 0 aliphatic rings. The maximum Gasteiger partial charge on any atom is 0.306 e. The van der Waals surface area contributed by atoms with Crippen molar-refractivity contribution in [2.24, 2.45) is 0 Å². The standard InChI is InChI=1S/C70H126O6/c1-4-7-10-13-16-19-22-25-28-30-32-33-34-35-36-37-39-40-42-45-48-51-54-57-60-63-69(72)75-66-67(65-74-68(71)62-59-56-53-50-47-44-27-24-21-18-15-12-9-6-3)76-70(73)64-61-58-55-52-49-46-43-41-38-31-29-26-23-20-17-14-11-8-5-2/h15,17-18,20,24,26-27,29-30,32,67H,4-14,16,19,21-23,25,28,31,33-66H2,1-3H3/b18-15-,20-17-,27-24-,29-26-,32-30-. The molecule has 6 heteroatoms. The van der Waals surface area contributed by atoms with Crippen LogP contribution in [0.25, 0.3) is 0 Å². The van der Waals surface area contributed by atoms with Gasteiger partial charge in [0, 0.05) is 19.3 Å². The summed E-state index contributed by atoms with van der Waals surface area (Å²) in [5, 5.41) is 0. The van der Waals surface area contributed by atoms with Crippen molar-refractivity contribution in [2.75, 3.05) is 13.2 Å². The van der Waals surface area contributed by atoms with Crippen molar-refractivity contribution < 1.29 is 28.6 Å². The van der Waals surface area contributed by atoms with E-state index in [9.17, 15) is 14.4 Å². The first-order valence-corrected chi connectivity index (χ1v) is 33.3. The van der Waals surface area contributed by atoms with Crippen molar-refractivity contribution >= 4 is 17.9 Å². The smallest absolute Gasteiger partial charge is 0.306 e. The van der Waals surface area contributed by atoms with Crippen molar-refractivity contribution in [1.29, 1.82) is 0 Å². The molecule has 0 saturated heterocycles. The molecule has 0 aromatic rings. The number of hydrogen-bond donors (Lipinski definition) is 0. The van der Waals surface area contributed by atoms with Gasteiger partial charge in [0.15, 0.2) is 6.10 Å². The van der Waals surface area contributed by atoms with E-state index in [0.29, 0.717) is 19.3 Å². The summed E-state index contributed by atoms with van der Waals surface area (Å²) in [6.07, 6.45) is 82.3. The second-order valence-electron chi connectivity index (χ2n) is 22.4. The predicted molar refractivity (Wildman–Crippen MR) is 330 cm³/mol. The SMILES string of the molecule is CCCC/C=C\C/C=C\CCCCCCCC(=O)OCC(COC(=O)CCCCCCCCCCCCCCC/C=C\CCCCCCCCCC)OC(=O)CCCCCCCCCCC/C=C\C/C=C\CCCCC. The summed E-state index contributed by atoms with van der Waals surface area (Å²) in [6.45, 7) is 6.61. The van der Waals surface area contributed by atoms with Gasteiger partial charge in [0.2, 0.25) is 0 Å². The van der Waals surface area contributed by atoms with Gasteiger partial charge in [0.1, 0.15) is 13.2 Å². The summed E-state index contributed by atoms with van der Waals surface area (Å²) in [6, 6.07) is 0. The molecular formula is C70H126O6. The predicted octanol–water partition coefficient (Wildman–Crippen LogP) is 22.7. The molecule has 0 heterocycles. The molecule has 1 unspecified atom stereocenters. The van der Waals surface area contributed by atoms with Crippen LogP contribution in [0.5, 0.6) is 0 Å². The monoisotopic (exact) mass is 1060 g/mol. The minimum absolute atomic E-state index is 0.0783. The molecule has 0 aromatic heterocycles. The second kappa shape index (κ2) is 64.6. The van der Waals surface area contributed by atoms with E-state index in [2.05, 4.69) is 81.5 Å². The summed E-state index contributed by atoms with van der Waals surface area (Å²) < 4.78 is 16.9. The zero-order chi connectivity index (χ0) is 55.0. The lowest BCUT2D eigenvalue weighted by molar-refractivity contribution is -0.167. The van der Waals surface area contributed by atoms with E-state index in [4.69, 9.17) is 14.2 Å². The fourth-order valence-corrected chi connectivity index (χ4v) is 9.66. The summed E-state index contributed by atoms with van der Waals surface area (Å²) in [5.41, 5.74) is 0. The highest BCUT2D eigenvalue weighted by Crippen LogP contribution is 2.17. The molecule has 0 fully saturated rings. The van der Waals surface area contributed by atoms with Crippen molar-refractivity contribution in [3.8, 4) is 0 Å². The Morgan fingerprint density at radius 2 is 0.487 bits per heavy atom. The van der Waals surface area contributed by atoms with Gasteiger partial charge in [0.25, 0.3) is 0 Å². The molecule has 0 amide bonds. The lowest BCUT2D eigenvalue weighted by atomic mass is 10.0. The molecule has 0 aliphatic carbocycles. The topological polar surface area (TPSA) is 78.9 Å². The normalized spacial score (nSPS) is 12.4. The molecule has 0 bridgehead atoms. The van der Waals surface area contributed by atoms with E-state index in [0.717, 1.165) is 83.5 Å². The van der Waals surface area contributed by atoms with Gasteiger partial charge >= 0.3 is 17.9 Å². The van der Waals surface area contributed by atoms with Gasteiger partial charge in [-0.25, -0.2) is 0 Å². The zero-order valence-corrected chi connectivity index (χ0v) is 50.8. The highest BCUT2D eigenvalue weighted by atomic mass is 16.6. The Labute approximate surface area is 472 Å². The van der Waals surface area contributed by atoms with Crippen LogP contribution in [-0.2, 0) is 28.6 Å². The van der Waals surface area contributed by atoms with Crippen molar-refractivity contribution in [1.82, 2.24) is 0 Å². The average Bonchev–Trinajstić information content (AvgIpc) is 3.42. The van der Waals surface area contributed by atoms with Crippen LogP contribution in [0.1, 0.15) is 348 Å². The third-order valence-corrected chi connectivity index (χ3v) is 14.7. The number of hydrogen-bond acceptors (Lipinski definition) is 6. The Morgan fingerprint density at radius 3 is 0.803 bits per heavy atom. The maximum atomic E-state index is 12.9. The van der Waals surface area contributed by atoms with Crippen LogP contribution < -0.4 is 0 Å². The van der Waals surface area contributed by atoms with Gasteiger partial charge in [-0.05, 0) is 103 Å². The van der Waals surface area contributed by atoms with Crippen molar-refractivity contribution in [3.63, 3.8) is 0 Å². The molecule has 0 radical (unpaired) electrons. The molecular weight excluding hydrogens is 937 g/mol. The highest BCUT2D eigenvalue weighted by molar-refractivity contribution is 5.71. The number of unbranched alkanes of at least 4 members (excludes halogenated alkanes) is 40. The van der Waals surface area contributed by atoms with Gasteiger partial charge in [-0.3, -0.25) is 14.4 Å². The molecule has 0 N–H and O–H groups in total. The molecule has 6 nitrogen and oxygen atoms in total. The average molecular weight is 1060 g/mol. The van der Waals surface area contributed by atoms with Gasteiger partial charge < -0.3 is 14.2 Å². The van der Waals surface area contributed by atoms with Crippen LogP contribution in [0.2, 0.25) is 0 Å². The summed E-state index contributed by atoms with van der Waals surface area (Å²) in [7, 11) is 0. The quantitative estimate of drug-likeness (QED) is 0.0261. The molecule has 0 spiro atoms. The molecule has 0 saturated carbocycles. The van der Waals surface area contributed by atoms with E-state index < -0.39 is 6.10 Å². The fraction of sp³-hybridized carbons (Fsp3) is 0.814. The first-order valence-electron chi connectivity index (χ1n) is 33.3. The van der Waals surface area contributed by atoms with Crippen LogP contribution in [0.3, 0.4) is 0 Å². The minimum Gasteiger partial charge on any atom is -0.462 e. The largest absolute Gasteiger partial charge is 0.462 e. The van der Waals surface area contributed by atoms with E-state index in [1.807, 2.05) is 0 Å². The number of rotatable bonds is 61. The lowest BCUT2D eigenvalue weighted by Gasteiger charge is -2.18. The number of carbonyl (C=O) groups excluding carboxylic acids is 3. The lowest BCUT2D eigenvalue weighted by Crippen LogP contribution is -2.30. The van der Waals surface area contributed by atoms with Gasteiger partial charge in [-0.1, -0.05) is 287 Å². The molecule has 1 atom stereocenters. The highest BCUT2D eigenvalue weighted by Gasteiger charge is 2.19. The Balaban J connectivity index is 4.29. The molecule has 0 rings (SSSR count). The van der Waals surface area contributed by atoms with Crippen molar-refractivity contribution in [3.05, 3.63) is 60.8 Å². The Hall–Kier alpha value is -2.89. The van der Waals surface area contributed by atoms with Gasteiger partial charge in [0.05, 0.1) is 0 Å². The van der Waals surface area contributed by atoms with Gasteiger partial charge in [-0.2, -0.15) is 0 Å². The number of ether oxygens (including phenoxy) is 3. The minimum atomic E-state index is -0.783. The number of allylic oxidation sites excluding steroid dienone is 10. The summed E-state index contributed by atoms with van der Waals surface area (Å²) in [4.78, 5) is 38.3. The van der Waals surface area contributed by atoms with E-state index >= 15 is 0 Å².